The first-order valence-corrected chi connectivity index (χ1v) is 27.3. The van der Waals surface area contributed by atoms with E-state index in [1.807, 2.05) is 0 Å². The number of rotatable bonds is 7. The van der Waals surface area contributed by atoms with Crippen molar-refractivity contribution >= 4 is 8.60 Å². The first-order valence-electron chi connectivity index (χ1n) is 26.2. The van der Waals surface area contributed by atoms with Gasteiger partial charge in [0.1, 0.15) is 11.7 Å². The lowest BCUT2D eigenvalue weighted by molar-refractivity contribution is -0.162. The minimum Gasteiger partial charge on any atom is -0.328 e. The lowest BCUT2D eigenvalue weighted by atomic mass is 9.50. The predicted octanol–water partition coefficient (Wildman–Crippen LogP) is 19.2. The highest BCUT2D eigenvalue weighted by Crippen LogP contribution is 2.74. The largest absolute Gasteiger partial charge is 0.331 e. The van der Waals surface area contributed by atoms with E-state index < -0.39 is 25.7 Å². The fourth-order valence-electron chi connectivity index (χ4n) is 10.9. The molecule has 4 rings (SSSR count). The van der Waals surface area contributed by atoms with Crippen LogP contribution in [0, 0.1) is 5.41 Å². The third-order valence-corrected chi connectivity index (χ3v) is 15.9. The molecule has 0 aromatic heterocycles. The molecule has 4 heteroatoms. The van der Waals surface area contributed by atoms with E-state index in [2.05, 4.69) is 237 Å². The third-order valence-electron chi connectivity index (χ3n) is 15.1. The van der Waals surface area contributed by atoms with E-state index in [9.17, 15) is 4.89 Å². The van der Waals surface area contributed by atoms with Crippen LogP contribution < -0.4 is 0 Å². The number of benzene rings is 3. The molecule has 0 bridgehead atoms. The van der Waals surface area contributed by atoms with Gasteiger partial charge < -0.3 is 9.42 Å². The summed E-state index contributed by atoms with van der Waals surface area (Å²) >= 11 is 0. The molecule has 1 aliphatic rings. The number of unbranched alkanes of at least 4 members (excludes halogenated alkanes) is 1. The van der Waals surface area contributed by atoms with Crippen molar-refractivity contribution in [3.8, 4) is 0 Å². The van der Waals surface area contributed by atoms with Crippen LogP contribution in [0.3, 0.4) is 0 Å². The molecule has 1 aliphatic heterocycles. The van der Waals surface area contributed by atoms with Crippen molar-refractivity contribution in [1.82, 2.24) is 0 Å². The Bertz CT molecular complexity index is 2040. The predicted molar refractivity (Wildman–Crippen MR) is 295 cm³/mol. The van der Waals surface area contributed by atoms with E-state index in [0.29, 0.717) is 0 Å². The van der Waals surface area contributed by atoms with Gasteiger partial charge in [-0.15, -0.1) is 0 Å². The summed E-state index contributed by atoms with van der Waals surface area (Å²) in [6.45, 7) is 68.9. The van der Waals surface area contributed by atoms with E-state index in [1.54, 1.807) is 0 Å². The smallest absolute Gasteiger partial charge is 0.328 e. The van der Waals surface area contributed by atoms with Crippen LogP contribution in [0.1, 0.15) is 299 Å². The highest BCUT2D eigenvalue weighted by molar-refractivity contribution is 7.40. The highest BCUT2D eigenvalue weighted by Gasteiger charge is 2.67. The topological polar surface area (TPSA) is 38.7 Å². The Morgan fingerprint density at radius 1 is 0.433 bits per heavy atom. The maximum Gasteiger partial charge on any atom is 0.331 e. The average molecular weight is 939 g/mol. The van der Waals surface area contributed by atoms with Gasteiger partial charge in [0.2, 0.25) is 0 Å². The molecule has 3 nitrogen and oxygen atoms in total. The summed E-state index contributed by atoms with van der Waals surface area (Å²) < 4.78 is 15.7. The molecule has 3 atom stereocenters. The molecule has 0 radical (unpaired) electrons. The van der Waals surface area contributed by atoms with Crippen molar-refractivity contribution in [2.45, 2.75) is 287 Å². The molecule has 0 amide bonds. The minimum atomic E-state index is -2.45. The Kier molecular flexibility index (Phi) is 15.7. The van der Waals surface area contributed by atoms with Gasteiger partial charge in [0.15, 0.2) is 0 Å². The van der Waals surface area contributed by atoms with Crippen LogP contribution in [0.25, 0.3) is 0 Å². The van der Waals surface area contributed by atoms with E-state index in [-0.39, 0.29) is 48.7 Å². The molecule has 3 aromatic carbocycles. The zero-order valence-electron chi connectivity index (χ0n) is 49.1. The molecule has 1 fully saturated rings. The zero-order chi connectivity index (χ0) is 52.1. The van der Waals surface area contributed by atoms with Crippen molar-refractivity contribution in [2.75, 3.05) is 0 Å². The third kappa shape index (κ3) is 11.2. The van der Waals surface area contributed by atoms with Gasteiger partial charge >= 0.3 is 8.60 Å². The van der Waals surface area contributed by atoms with Crippen molar-refractivity contribution in [2.24, 2.45) is 5.41 Å². The Morgan fingerprint density at radius 3 is 0.925 bits per heavy atom. The minimum absolute atomic E-state index is 0.0808. The van der Waals surface area contributed by atoms with Gasteiger partial charge in [-0.2, -0.15) is 0 Å². The van der Waals surface area contributed by atoms with Gasteiger partial charge in [-0.05, 0) is 128 Å². The van der Waals surface area contributed by atoms with Crippen LogP contribution in [0.2, 0.25) is 0 Å². The Morgan fingerprint density at radius 2 is 0.701 bits per heavy atom. The van der Waals surface area contributed by atoms with E-state index in [4.69, 9.17) is 9.05 Å². The fourth-order valence-corrected chi connectivity index (χ4v) is 12.1. The van der Waals surface area contributed by atoms with Crippen molar-refractivity contribution in [3.05, 3.63) is 103 Å². The molecule has 0 spiro atoms. The molecule has 378 valence electrons. The maximum absolute atomic E-state index is 13.3. The Balaban J connectivity index is 2.74. The molecule has 67 heavy (non-hydrogen) atoms. The monoisotopic (exact) mass is 939 g/mol. The van der Waals surface area contributed by atoms with Gasteiger partial charge in [-0.25, -0.2) is 0 Å². The van der Waals surface area contributed by atoms with E-state index >= 15 is 0 Å². The van der Waals surface area contributed by atoms with Crippen LogP contribution in [0.5, 0.6) is 0 Å². The molecule has 1 heterocycles. The standard InChI is InChI=1S/C63H103O3P/c1-30-32-33-62(31-2)52(49-43(56(12,13)14)34-40(53(3,4)5)35-44(49)57(15,16)17)65-67(64)66-63(62,50-45(58(18,19)20)36-41(54(6,7)8)37-46(50)59(21,22)23)51-47(60(24,25)26)38-42(55(9,10)11)39-48(51)61(27,28)29/h34-39,52,64H,30-33H2,1-29H3. The van der Waals surface area contributed by atoms with Gasteiger partial charge in [0.05, 0.1) is 0 Å². The zero-order valence-corrected chi connectivity index (χ0v) is 50.0. The number of hydrogen-bond donors (Lipinski definition) is 1. The first-order chi connectivity index (χ1) is 29.7. The van der Waals surface area contributed by atoms with E-state index in [0.717, 1.165) is 25.7 Å². The Hall–Kier alpha value is -2.03. The van der Waals surface area contributed by atoms with Crippen LogP contribution in [0.4, 0.5) is 0 Å². The average Bonchev–Trinajstić information content (AvgIpc) is 3.12. The van der Waals surface area contributed by atoms with Crippen LogP contribution >= 0.6 is 8.60 Å². The van der Waals surface area contributed by atoms with Crippen LogP contribution in [0.15, 0.2) is 36.4 Å². The summed E-state index contributed by atoms with van der Waals surface area (Å²) in [4.78, 5) is 13.3. The van der Waals surface area contributed by atoms with E-state index in [1.165, 1.54) is 66.8 Å². The molecular formula is C63H103O3P. The molecule has 3 unspecified atom stereocenters. The quantitative estimate of drug-likeness (QED) is 0.240. The Labute approximate surface area is 416 Å². The summed E-state index contributed by atoms with van der Waals surface area (Å²) in [5.74, 6) is 0. The SMILES string of the molecule is CCCCC1(CC)C(c2c(C(C)(C)C)cc(C(C)(C)C)cc2C(C)(C)C)OP(O)OC1(c1c(C(C)(C)C)cc(C(C)(C)C)cc1C(C)(C)C)c1c(C(C)(C)C)cc(C(C)(C)C)cc1C(C)(C)C. The van der Waals surface area contributed by atoms with Crippen molar-refractivity contribution in [1.29, 1.82) is 0 Å². The summed E-state index contributed by atoms with van der Waals surface area (Å²) in [6.07, 6.45) is 3.07. The highest BCUT2D eigenvalue weighted by atomic mass is 31.2. The molecular weight excluding hydrogens is 836 g/mol. The summed E-state index contributed by atoms with van der Waals surface area (Å²) in [5, 5.41) is 0. The summed E-state index contributed by atoms with van der Waals surface area (Å²) in [7, 11) is -2.45. The van der Waals surface area contributed by atoms with Gasteiger partial charge in [-0.3, -0.25) is 4.52 Å². The van der Waals surface area contributed by atoms with Crippen molar-refractivity contribution in [3.63, 3.8) is 0 Å². The molecule has 1 N–H and O–H groups in total. The maximum atomic E-state index is 13.3. The van der Waals surface area contributed by atoms with Gasteiger partial charge in [-0.1, -0.05) is 250 Å². The molecule has 3 aromatic rings. The van der Waals surface area contributed by atoms with Crippen LogP contribution in [-0.2, 0) is 63.4 Å². The van der Waals surface area contributed by atoms with Crippen LogP contribution in [-0.4, -0.2) is 4.89 Å². The molecule has 1 saturated heterocycles. The molecule has 0 saturated carbocycles. The second kappa shape index (κ2) is 18.2. The lowest BCUT2D eigenvalue weighted by Gasteiger charge is -2.61. The first kappa shape index (κ1) is 57.5. The second-order valence-electron chi connectivity index (χ2n) is 30.2. The lowest BCUT2D eigenvalue weighted by Crippen LogP contribution is -2.58. The summed E-state index contributed by atoms with van der Waals surface area (Å²) in [6, 6.07) is 15.2. The van der Waals surface area contributed by atoms with Gasteiger partial charge in [0.25, 0.3) is 0 Å². The van der Waals surface area contributed by atoms with Gasteiger partial charge in [0, 0.05) is 5.41 Å². The van der Waals surface area contributed by atoms with Crippen molar-refractivity contribution < 1.29 is 13.9 Å². The second-order valence-corrected chi connectivity index (χ2v) is 31.1. The summed E-state index contributed by atoms with van der Waals surface area (Å²) in [5.41, 5.74) is 11.5. The fraction of sp³-hybridized carbons (Fsp3) is 0.714. The molecule has 0 aliphatic carbocycles. The normalized spacial score (nSPS) is 20.7. The number of hydrogen-bond acceptors (Lipinski definition) is 3.